The van der Waals surface area contributed by atoms with Crippen molar-refractivity contribution < 1.29 is 9.32 Å². The van der Waals surface area contributed by atoms with Crippen LogP contribution in [0, 0.1) is 0 Å². The van der Waals surface area contributed by atoms with Crippen LogP contribution in [-0.2, 0) is 4.79 Å². The highest BCUT2D eigenvalue weighted by atomic mass is 16.5. The minimum Gasteiger partial charge on any atom is -0.361 e. The lowest BCUT2D eigenvalue weighted by atomic mass is 10.2. The third kappa shape index (κ3) is 4.01. The molecule has 0 atom stereocenters. The van der Waals surface area contributed by atoms with Gasteiger partial charge in [0.1, 0.15) is 5.82 Å². The van der Waals surface area contributed by atoms with Crippen molar-refractivity contribution >= 4 is 11.7 Å². The molecule has 2 aromatic rings. The molecule has 2 heterocycles. The number of hydrogen-bond acceptors (Lipinski definition) is 6. The molecule has 0 unspecified atom stereocenters. The van der Waals surface area contributed by atoms with Crippen LogP contribution in [0.1, 0.15) is 32.5 Å². The van der Waals surface area contributed by atoms with E-state index in [1.807, 2.05) is 20.8 Å². The maximum absolute atomic E-state index is 11.4. The first-order valence-electron chi connectivity index (χ1n) is 6.90. The van der Waals surface area contributed by atoms with Crippen molar-refractivity contribution in [3.63, 3.8) is 0 Å². The second-order valence-electron chi connectivity index (χ2n) is 4.85. The van der Waals surface area contributed by atoms with Crippen LogP contribution in [0.25, 0.3) is 11.5 Å². The highest BCUT2D eigenvalue weighted by Gasteiger charge is 2.12. The molecule has 0 aliphatic heterocycles. The number of aromatic nitrogens is 3. The van der Waals surface area contributed by atoms with Crippen molar-refractivity contribution in [2.75, 3.05) is 18.4 Å². The number of nitrogens with one attached hydrogen (secondary N) is 2. The van der Waals surface area contributed by atoms with Crippen LogP contribution in [0.5, 0.6) is 0 Å². The monoisotopic (exact) mass is 289 g/mol. The Balaban J connectivity index is 2.08. The highest BCUT2D eigenvalue weighted by Crippen LogP contribution is 2.21. The second-order valence-corrected chi connectivity index (χ2v) is 4.85. The van der Waals surface area contributed by atoms with Crippen LogP contribution in [0.2, 0.25) is 0 Å². The van der Waals surface area contributed by atoms with Crippen molar-refractivity contribution in [2.24, 2.45) is 0 Å². The first kappa shape index (κ1) is 15.0. The van der Waals surface area contributed by atoms with E-state index >= 15 is 0 Å². The third-order valence-electron chi connectivity index (χ3n) is 2.77. The number of carbonyl (C=O) groups excluding carboxylic acids is 1. The molecular weight excluding hydrogens is 270 g/mol. The predicted molar refractivity (Wildman–Crippen MR) is 78.8 cm³/mol. The summed E-state index contributed by atoms with van der Waals surface area (Å²) in [6.45, 7) is 6.65. The maximum atomic E-state index is 11.4. The molecule has 7 heteroatoms. The summed E-state index contributed by atoms with van der Waals surface area (Å²) in [6, 6.07) is 3.56. The second kappa shape index (κ2) is 6.83. The summed E-state index contributed by atoms with van der Waals surface area (Å²) >= 11 is 0. The first-order chi connectivity index (χ1) is 10.1. The zero-order valence-electron chi connectivity index (χ0n) is 12.4. The van der Waals surface area contributed by atoms with Crippen LogP contribution in [0.15, 0.2) is 22.9 Å². The minimum atomic E-state index is -0.0791. The molecule has 2 aromatic heterocycles. The van der Waals surface area contributed by atoms with E-state index in [4.69, 9.17) is 4.52 Å². The number of carbonyl (C=O) groups is 1. The summed E-state index contributed by atoms with van der Waals surface area (Å²) in [4.78, 5) is 19.9. The Hall–Kier alpha value is -2.44. The molecule has 0 aliphatic carbocycles. The van der Waals surface area contributed by atoms with E-state index in [0.29, 0.717) is 24.1 Å². The van der Waals surface area contributed by atoms with E-state index in [9.17, 15) is 4.79 Å². The molecule has 21 heavy (non-hydrogen) atoms. The molecule has 0 fully saturated rings. The van der Waals surface area contributed by atoms with Gasteiger partial charge < -0.3 is 15.2 Å². The Kier molecular flexibility index (Phi) is 4.86. The molecule has 2 N–H and O–H groups in total. The quantitative estimate of drug-likeness (QED) is 0.842. The number of amides is 1. The van der Waals surface area contributed by atoms with Crippen LogP contribution in [0.4, 0.5) is 5.82 Å². The molecule has 0 spiro atoms. The lowest BCUT2D eigenvalue weighted by molar-refractivity contribution is -0.119. The number of rotatable bonds is 6. The lowest BCUT2D eigenvalue weighted by Crippen LogP contribution is -2.29. The molecular formula is C14H19N5O2. The van der Waals surface area contributed by atoms with Gasteiger partial charge in [-0.15, -0.1) is 0 Å². The molecule has 0 aliphatic rings. The normalized spacial score (nSPS) is 10.7. The summed E-state index contributed by atoms with van der Waals surface area (Å²) in [5.41, 5.74) is 0.766. The highest BCUT2D eigenvalue weighted by molar-refractivity contribution is 5.80. The Bertz CT molecular complexity index is 609. The Morgan fingerprint density at radius 3 is 2.90 bits per heavy atom. The van der Waals surface area contributed by atoms with Gasteiger partial charge >= 0.3 is 0 Å². The van der Waals surface area contributed by atoms with E-state index in [-0.39, 0.29) is 18.4 Å². The summed E-state index contributed by atoms with van der Waals surface area (Å²) in [7, 11) is 0. The molecule has 0 saturated carbocycles. The van der Waals surface area contributed by atoms with Crippen LogP contribution >= 0.6 is 0 Å². The predicted octanol–water partition coefficient (Wildman–Crippen LogP) is 1.80. The molecule has 0 saturated heterocycles. The van der Waals surface area contributed by atoms with Crippen LogP contribution in [-0.4, -0.2) is 34.1 Å². The lowest BCUT2D eigenvalue weighted by Gasteiger charge is -2.06. The summed E-state index contributed by atoms with van der Waals surface area (Å²) in [6.07, 6.45) is 1.63. The molecule has 0 radical (unpaired) electrons. The van der Waals surface area contributed by atoms with Gasteiger partial charge in [-0.3, -0.25) is 4.79 Å². The molecule has 1 amide bonds. The van der Waals surface area contributed by atoms with Crippen molar-refractivity contribution in [1.29, 1.82) is 0 Å². The smallest absolute Gasteiger partial charge is 0.258 e. The maximum Gasteiger partial charge on any atom is 0.258 e. The van der Waals surface area contributed by atoms with E-state index < -0.39 is 0 Å². The molecule has 112 valence electrons. The number of nitrogens with zero attached hydrogens (tertiary/aromatic N) is 3. The first-order valence-corrected chi connectivity index (χ1v) is 6.90. The van der Waals surface area contributed by atoms with Gasteiger partial charge in [0.2, 0.25) is 5.91 Å². The number of likely N-dealkylation sites (N-methyl/N-ethyl adjacent to an activating group) is 1. The SMILES string of the molecule is CCNC(=O)CNc1cc(-c2nc(C(C)C)no2)ccn1. The number of hydrogen-bond donors (Lipinski definition) is 2. The third-order valence-corrected chi connectivity index (χ3v) is 2.77. The Morgan fingerprint density at radius 1 is 1.43 bits per heavy atom. The fourth-order valence-corrected chi connectivity index (χ4v) is 1.68. The molecule has 2 rings (SSSR count). The van der Waals surface area contributed by atoms with Crippen molar-refractivity contribution in [2.45, 2.75) is 26.7 Å². The largest absolute Gasteiger partial charge is 0.361 e. The fourth-order valence-electron chi connectivity index (χ4n) is 1.68. The van der Waals surface area contributed by atoms with E-state index in [0.717, 1.165) is 5.56 Å². The average molecular weight is 289 g/mol. The van der Waals surface area contributed by atoms with Crippen molar-refractivity contribution in [3.05, 3.63) is 24.2 Å². The van der Waals surface area contributed by atoms with Crippen LogP contribution < -0.4 is 10.6 Å². The van der Waals surface area contributed by atoms with Gasteiger partial charge in [-0.1, -0.05) is 19.0 Å². The molecule has 0 aromatic carbocycles. The summed E-state index contributed by atoms with van der Waals surface area (Å²) in [5, 5.41) is 9.59. The van der Waals surface area contributed by atoms with E-state index in [1.54, 1.807) is 18.3 Å². The van der Waals surface area contributed by atoms with E-state index in [2.05, 4.69) is 25.8 Å². The Labute approximate surface area is 123 Å². The summed E-state index contributed by atoms with van der Waals surface area (Å²) < 4.78 is 5.24. The topological polar surface area (TPSA) is 92.9 Å². The number of anilines is 1. The minimum absolute atomic E-state index is 0.0791. The van der Waals surface area contributed by atoms with Gasteiger partial charge in [-0.05, 0) is 19.1 Å². The zero-order chi connectivity index (χ0) is 15.2. The van der Waals surface area contributed by atoms with Crippen LogP contribution in [0.3, 0.4) is 0 Å². The van der Waals surface area contributed by atoms with Gasteiger partial charge in [0.15, 0.2) is 5.82 Å². The Morgan fingerprint density at radius 2 is 2.24 bits per heavy atom. The fraction of sp³-hybridized carbons (Fsp3) is 0.429. The zero-order valence-corrected chi connectivity index (χ0v) is 12.4. The standard InChI is InChI=1S/C14H19N5O2/c1-4-15-12(20)8-17-11-7-10(5-6-16-11)14-18-13(9(2)3)19-21-14/h5-7,9H,4,8H2,1-3H3,(H,15,20)(H,16,17). The molecule has 7 nitrogen and oxygen atoms in total. The van der Waals surface area contributed by atoms with Gasteiger partial charge in [-0.25, -0.2) is 4.98 Å². The van der Waals surface area contributed by atoms with Crippen molar-refractivity contribution in [1.82, 2.24) is 20.4 Å². The van der Waals surface area contributed by atoms with Gasteiger partial charge in [0, 0.05) is 24.2 Å². The van der Waals surface area contributed by atoms with E-state index in [1.165, 1.54) is 0 Å². The average Bonchev–Trinajstić information content (AvgIpc) is 2.96. The van der Waals surface area contributed by atoms with Crippen molar-refractivity contribution in [3.8, 4) is 11.5 Å². The number of pyridine rings is 1. The van der Waals surface area contributed by atoms with Gasteiger partial charge in [0.05, 0.1) is 6.54 Å². The summed E-state index contributed by atoms with van der Waals surface area (Å²) in [5.74, 6) is 1.83. The van der Waals surface area contributed by atoms with Gasteiger partial charge in [0.25, 0.3) is 5.89 Å². The molecule has 0 bridgehead atoms. The van der Waals surface area contributed by atoms with Gasteiger partial charge in [-0.2, -0.15) is 4.98 Å².